The second-order valence-electron chi connectivity index (χ2n) is 6.09. The lowest BCUT2D eigenvalue weighted by atomic mass is 10.0. The van der Waals surface area contributed by atoms with E-state index in [9.17, 15) is 9.90 Å². The molecule has 1 unspecified atom stereocenters. The summed E-state index contributed by atoms with van der Waals surface area (Å²) in [6, 6.07) is 9.97. The van der Waals surface area contributed by atoms with Crippen molar-refractivity contribution in [3.8, 4) is 0 Å². The van der Waals surface area contributed by atoms with Crippen LogP contribution in [0.1, 0.15) is 16.1 Å². The highest BCUT2D eigenvalue weighted by Crippen LogP contribution is 2.29. The molecule has 0 bridgehead atoms. The van der Waals surface area contributed by atoms with E-state index in [0.29, 0.717) is 26.1 Å². The number of rotatable bonds is 3. The van der Waals surface area contributed by atoms with E-state index in [4.69, 9.17) is 0 Å². The van der Waals surface area contributed by atoms with Crippen LogP contribution < -0.4 is 0 Å². The van der Waals surface area contributed by atoms with Gasteiger partial charge in [-0.3, -0.25) is 4.79 Å². The van der Waals surface area contributed by atoms with E-state index in [1.54, 1.807) is 4.90 Å². The predicted octanol–water partition coefficient (Wildman–Crippen LogP) is 2.04. The average Bonchev–Trinajstić information content (AvgIpc) is 3.00. The third-order valence-electron chi connectivity index (χ3n) is 3.87. The van der Waals surface area contributed by atoms with Gasteiger partial charge in [0.05, 0.1) is 17.0 Å². The van der Waals surface area contributed by atoms with Gasteiger partial charge in [0, 0.05) is 17.8 Å². The highest BCUT2D eigenvalue weighted by molar-refractivity contribution is 7.20. The Hall–Kier alpha value is -1.43. The Labute approximate surface area is 128 Å². The molecule has 1 fully saturated rings. The number of carbonyl (C=O) groups is 1. The summed E-state index contributed by atoms with van der Waals surface area (Å²) >= 11 is 1.52. The number of fused-ring (bicyclic) bond motifs is 1. The fourth-order valence-corrected chi connectivity index (χ4v) is 4.02. The Morgan fingerprint density at radius 3 is 2.90 bits per heavy atom. The molecule has 1 aliphatic rings. The van der Waals surface area contributed by atoms with E-state index < -0.39 is 5.60 Å². The molecule has 1 amide bonds. The second-order valence-corrected chi connectivity index (χ2v) is 7.17. The first-order valence-corrected chi connectivity index (χ1v) is 7.93. The third kappa shape index (κ3) is 2.95. The van der Waals surface area contributed by atoms with Gasteiger partial charge in [-0.1, -0.05) is 18.2 Å². The SMILES string of the molecule is CN(C)CC1(O)CCN(C(=O)c2cc3ccccc3s2)C1. The molecule has 1 N–H and O–H groups in total. The van der Waals surface area contributed by atoms with Crippen LogP contribution in [0.3, 0.4) is 0 Å². The topological polar surface area (TPSA) is 43.8 Å². The number of thiophene rings is 1. The number of aliphatic hydroxyl groups is 1. The summed E-state index contributed by atoms with van der Waals surface area (Å²) in [6.45, 7) is 1.62. The van der Waals surface area contributed by atoms with Crippen LogP contribution in [-0.2, 0) is 0 Å². The molecular formula is C16H20N2O2S. The lowest BCUT2D eigenvalue weighted by molar-refractivity contribution is 0.0237. The van der Waals surface area contributed by atoms with Gasteiger partial charge in [-0.15, -0.1) is 11.3 Å². The van der Waals surface area contributed by atoms with Gasteiger partial charge in [-0.25, -0.2) is 0 Å². The minimum Gasteiger partial charge on any atom is -0.387 e. The van der Waals surface area contributed by atoms with Gasteiger partial charge in [0.1, 0.15) is 0 Å². The smallest absolute Gasteiger partial charge is 0.264 e. The van der Waals surface area contributed by atoms with E-state index in [-0.39, 0.29) is 5.91 Å². The molecule has 0 radical (unpaired) electrons. The number of β-amino-alcohol motifs (C(OH)–C–C–N with tert-alkyl or cyclic N) is 1. The maximum Gasteiger partial charge on any atom is 0.264 e. The van der Waals surface area contributed by atoms with Crippen LogP contribution in [0.4, 0.5) is 0 Å². The Kier molecular flexibility index (Phi) is 3.73. The largest absolute Gasteiger partial charge is 0.387 e. The van der Waals surface area contributed by atoms with E-state index in [1.807, 2.05) is 49.3 Å². The van der Waals surface area contributed by atoms with E-state index in [0.717, 1.165) is 15.0 Å². The average molecular weight is 304 g/mol. The molecule has 2 heterocycles. The molecule has 3 rings (SSSR count). The predicted molar refractivity (Wildman–Crippen MR) is 85.8 cm³/mol. The first kappa shape index (κ1) is 14.5. The Morgan fingerprint density at radius 1 is 1.43 bits per heavy atom. The normalized spacial score (nSPS) is 22.4. The summed E-state index contributed by atoms with van der Waals surface area (Å²) in [5.41, 5.74) is -0.782. The molecule has 1 atom stereocenters. The minimum absolute atomic E-state index is 0.0332. The molecule has 5 heteroatoms. The standard InChI is InChI=1S/C16H20N2O2S/c1-17(2)10-16(20)7-8-18(11-16)15(19)14-9-12-5-3-4-6-13(12)21-14/h3-6,9,20H,7-8,10-11H2,1-2H3. The molecule has 2 aromatic rings. The van der Waals surface area contributed by atoms with Crippen molar-refractivity contribution < 1.29 is 9.90 Å². The zero-order chi connectivity index (χ0) is 15.0. The van der Waals surface area contributed by atoms with Crippen LogP contribution in [0.2, 0.25) is 0 Å². The maximum atomic E-state index is 12.6. The van der Waals surface area contributed by atoms with Crippen molar-refractivity contribution in [3.05, 3.63) is 35.2 Å². The van der Waals surface area contributed by atoms with Crippen molar-refractivity contribution >= 4 is 27.3 Å². The van der Waals surface area contributed by atoms with Crippen LogP contribution in [0.15, 0.2) is 30.3 Å². The number of benzene rings is 1. The molecule has 1 aromatic carbocycles. The summed E-state index contributed by atoms with van der Waals surface area (Å²) in [4.78, 5) is 17.1. The number of amides is 1. The van der Waals surface area contributed by atoms with E-state index in [1.165, 1.54) is 11.3 Å². The number of carbonyl (C=O) groups excluding carboxylic acids is 1. The second kappa shape index (κ2) is 5.40. The van der Waals surface area contributed by atoms with Gasteiger partial charge in [0.15, 0.2) is 0 Å². The molecule has 21 heavy (non-hydrogen) atoms. The number of hydrogen-bond acceptors (Lipinski definition) is 4. The zero-order valence-electron chi connectivity index (χ0n) is 12.4. The number of nitrogens with zero attached hydrogens (tertiary/aromatic N) is 2. The fraction of sp³-hybridized carbons (Fsp3) is 0.438. The molecule has 0 saturated carbocycles. The summed E-state index contributed by atoms with van der Waals surface area (Å²) < 4.78 is 1.13. The monoisotopic (exact) mass is 304 g/mol. The summed E-state index contributed by atoms with van der Waals surface area (Å²) in [5.74, 6) is 0.0332. The molecule has 0 aliphatic carbocycles. The molecule has 1 aromatic heterocycles. The van der Waals surface area contributed by atoms with Gasteiger partial charge in [0.25, 0.3) is 5.91 Å². The molecule has 4 nitrogen and oxygen atoms in total. The summed E-state index contributed by atoms with van der Waals surface area (Å²) in [5, 5.41) is 11.6. The van der Waals surface area contributed by atoms with Crippen molar-refractivity contribution in [1.29, 1.82) is 0 Å². The molecular weight excluding hydrogens is 284 g/mol. The van der Waals surface area contributed by atoms with E-state index >= 15 is 0 Å². The Balaban J connectivity index is 1.77. The molecule has 0 spiro atoms. The number of likely N-dealkylation sites (N-methyl/N-ethyl adjacent to an activating group) is 1. The van der Waals surface area contributed by atoms with Crippen LogP contribution in [-0.4, -0.2) is 60.1 Å². The lowest BCUT2D eigenvalue weighted by Gasteiger charge is -2.26. The molecule has 1 aliphatic heterocycles. The fourth-order valence-electron chi connectivity index (χ4n) is 2.99. The highest BCUT2D eigenvalue weighted by Gasteiger charge is 2.39. The zero-order valence-corrected chi connectivity index (χ0v) is 13.2. The van der Waals surface area contributed by atoms with Crippen molar-refractivity contribution in [2.45, 2.75) is 12.0 Å². The van der Waals surface area contributed by atoms with Gasteiger partial charge in [-0.2, -0.15) is 0 Å². The van der Waals surface area contributed by atoms with Crippen LogP contribution in [0.5, 0.6) is 0 Å². The highest BCUT2D eigenvalue weighted by atomic mass is 32.1. The molecule has 1 saturated heterocycles. The first-order valence-electron chi connectivity index (χ1n) is 7.12. The first-order chi connectivity index (χ1) is 9.97. The maximum absolute atomic E-state index is 12.6. The number of hydrogen-bond donors (Lipinski definition) is 1. The van der Waals surface area contributed by atoms with Crippen molar-refractivity contribution in [3.63, 3.8) is 0 Å². The van der Waals surface area contributed by atoms with Crippen LogP contribution >= 0.6 is 11.3 Å². The van der Waals surface area contributed by atoms with Crippen molar-refractivity contribution in [2.24, 2.45) is 0 Å². The van der Waals surface area contributed by atoms with Gasteiger partial charge in [-0.05, 0) is 38.0 Å². The Morgan fingerprint density at radius 2 is 2.19 bits per heavy atom. The van der Waals surface area contributed by atoms with Crippen LogP contribution in [0, 0.1) is 0 Å². The molecule has 112 valence electrons. The third-order valence-corrected chi connectivity index (χ3v) is 4.97. The van der Waals surface area contributed by atoms with Gasteiger partial charge < -0.3 is 14.9 Å². The number of likely N-dealkylation sites (tertiary alicyclic amines) is 1. The van der Waals surface area contributed by atoms with Gasteiger partial charge in [0.2, 0.25) is 0 Å². The van der Waals surface area contributed by atoms with Crippen molar-refractivity contribution in [1.82, 2.24) is 9.80 Å². The minimum atomic E-state index is -0.782. The summed E-state index contributed by atoms with van der Waals surface area (Å²) in [7, 11) is 3.88. The van der Waals surface area contributed by atoms with E-state index in [2.05, 4.69) is 0 Å². The lowest BCUT2D eigenvalue weighted by Crippen LogP contribution is -2.43. The van der Waals surface area contributed by atoms with Crippen molar-refractivity contribution in [2.75, 3.05) is 33.7 Å². The quantitative estimate of drug-likeness (QED) is 0.944. The Bertz CT molecular complexity index is 634. The van der Waals surface area contributed by atoms with Gasteiger partial charge >= 0.3 is 0 Å². The van der Waals surface area contributed by atoms with Crippen LogP contribution in [0.25, 0.3) is 10.1 Å². The summed E-state index contributed by atoms with van der Waals surface area (Å²) in [6.07, 6.45) is 0.641.